The molecule has 31 heavy (non-hydrogen) atoms. The highest BCUT2D eigenvalue weighted by Gasteiger charge is 2.29. The van der Waals surface area contributed by atoms with E-state index in [0.29, 0.717) is 19.0 Å². The maximum Gasteiger partial charge on any atom is 0.267 e. The van der Waals surface area contributed by atoms with Crippen LogP contribution in [0.4, 0.5) is 11.5 Å². The Kier molecular flexibility index (Phi) is 4.43. The van der Waals surface area contributed by atoms with Crippen LogP contribution in [0, 0.1) is 6.92 Å². The molecule has 1 aromatic carbocycles. The van der Waals surface area contributed by atoms with Crippen molar-refractivity contribution in [3.63, 3.8) is 0 Å². The van der Waals surface area contributed by atoms with Crippen LogP contribution >= 0.6 is 0 Å². The van der Waals surface area contributed by atoms with Crippen molar-refractivity contribution in [3.8, 4) is 17.4 Å². The van der Waals surface area contributed by atoms with Crippen LogP contribution in [-0.2, 0) is 0 Å². The molecule has 1 amide bonds. The van der Waals surface area contributed by atoms with Gasteiger partial charge in [0.1, 0.15) is 30.0 Å². The van der Waals surface area contributed by atoms with Crippen molar-refractivity contribution in [2.75, 3.05) is 30.9 Å². The molecule has 0 atom stereocenters. The van der Waals surface area contributed by atoms with Crippen LogP contribution in [0.3, 0.4) is 0 Å². The molecule has 1 aliphatic heterocycles. The lowest BCUT2D eigenvalue weighted by Gasteiger charge is -2.20. The summed E-state index contributed by atoms with van der Waals surface area (Å²) < 4.78 is 13.1. The van der Waals surface area contributed by atoms with E-state index in [4.69, 9.17) is 15.2 Å². The molecule has 0 spiro atoms. The third-order valence-corrected chi connectivity index (χ3v) is 5.27. The third kappa shape index (κ3) is 3.10. The maximum atomic E-state index is 13.2. The minimum Gasteiger partial charge on any atom is -0.479 e. The quantitative estimate of drug-likeness (QED) is 0.547. The molecule has 4 heterocycles. The minimum atomic E-state index is -0.284. The zero-order valence-corrected chi connectivity index (χ0v) is 17.1. The van der Waals surface area contributed by atoms with E-state index < -0.39 is 0 Å². The van der Waals surface area contributed by atoms with Crippen LogP contribution in [0.1, 0.15) is 16.1 Å². The molecule has 0 radical (unpaired) electrons. The van der Waals surface area contributed by atoms with Gasteiger partial charge in [0.15, 0.2) is 0 Å². The van der Waals surface area contributed by atoms with Crippen molar-refractivity contribution in [1.29, 1.82) is 0 Å². The number of amides is 1. The first-order chi connectivity index (χ1) is 15.1. The molecule has 0 saturated heterocycles. The van der Waals surface area contributed by atoms with Crippen LogP contribution in [-0.4, -0.2) is 45.7 Å². The summed E-state index contributed by atoms with van der Waals surface area (Å²) in [6.07, 6.45) is 3.25. The highest BCUT2D eigenvalue weighted by Crippen LogP contribution is 2.31. The van der Waals surface area contributed by atoms with Gasteiger partial charge in [0.05, 0.1) is 19.2 Å². The smallest absolute Gasteiger partial charge is 0.267 e. The summed E-state index contributed by atoms with van der Waals surface area (Å²) in [5.41, 5.74) is 9.55. The fraction of sp³-hybridized carbons (Fsp3) is 0.182. The Hall–Kier alpha value is -4.14. The van der Waals surface area contributed by atoms with Gasteiger partial charge in [-0.15, -0.1) is 0 Å². The SMILES string of the molecule is COc1nc(C)ccc1-n1ccc2cc(N3CCOc4ncnc(N)c4C3=O)ccc21. The molecule has 4 aromatic rings. The Bertz CT molecular complexity index is 1320. The highest BCUT2D eigenvalue weighted by molar-refractivity contribution is 6.11. The average molecular weight is 416 g/mol. The molecule has 1 aliphatic rings. The zero-order valence-electron chi connectivity index (χ0n) is 17.1. The van der Waals surface area contributed by atoms with Crippen molar-refractivity contribution >= 4 is 28.3 Å². The van der Waals surface area contributed by atoms with Crippen molar-refractivity contribution in [1.82, 2.24) is 19.5 Å². The molecule has 0 saturated carbocycles. The zero-order chi connectivity index (χ0) is 21.5. The molecular weight excluding hydrogens is 396 g/mol. The molecule has 3 aromatic heterocycles. The number of benzene rings is 1. The van der Waals surface area contributed by atoms with Gasteiger partial charge in [0, 0.05) is 23.0 Å². The number of carbonyl (C=O) groups is 1. The van der Waals surface area contributed by atoms with Crippen LogP contribution in [0.15, 0.2) is 48.9 Å². The van der Waals surface area contributed by atoms with E-state index in [2.05, 4.69) is 15.0 Å². The number of aryl methyl sites for hydroxylation is 1. The van der Waals surface area contributed by atoms with Gasteiger partial charge in [-0.3, -0.25) is 4.79 Å². The first kappa shape index (κ1) is 18.9. The van der Waals surface area contributed by atoms with E-state index in [-0.39, 0.29) is 23.2 Å². The Morgan fingerprint density at radius 2 is 2.03 bits per heavy atom. The fourth-order valence-electron chi connectivity index (χ4n) is 3.78. The van der Waals surface area contributed by atoms with Gasteiger partial charge in [-0.05, 0) is 43.3 Å². The van der Waals surface area contributed by atoms with Gasteiger partial charge in [-0.2, -0.15) is 0 Å². The van der Waals surface area contributed by atoms with Crippen molar-refractivity contribution < 1.29 is 14.3 Å². The summed E-state index contributed by atoms with van der Waals surface area (Å²) >= 11 is 0. The second kappa shape index (κ2) is 7.28. The number of nitrogens with two attached hydrogens (primary N) is 1. The molecular formula is C22H20N6O3. The summed E-state index contributed by atoms with van der Waals surface area (Å²) in [6, 6.07) is 11.7. The van der Waals surface area contributed by atoms with Gasteiger partial charge in [0.25, 0.3) is 5.91 Å². The molecule has 0 aliphatic carbocycles. The normalized spacial score (nSPS) is 13.6. The Labute approximate surface area is 178 Å². The Balaban J connectivity index is 1.56. The topological polar surface area (TPSA) is 108 Å². The van der Waals surface area contributed by atoms with E-state index in [0.717, 1.165) is 28.0 Å². The second-order valence-electron chi connectivity index (χ2n) is 7.15. The number of nitrogens with zero attached hydrogens (tertiary/aromatic N) is 5. The predicted octanol–water partition coefficient (Wildman–Crippen LogP) is 2.75. The van der Waals surface area contributed by atoms with Gasteiger partial charge >= 0.3 is 0 Å². The van der Waals surface area contributed by atoms with Crippen molar-refractivity contribution in [2.45, 2.75) is 6.92 Å². The highest BCUT2D eigenvalue weighted by atomic mass is 16.5. The summed E-state index contributed by atoms with van der Waals surface area (Å²) in [5, 5.41) is 0.968. The standard InChI is InChI=1S/C22H20N6O3/c1-13-3-5-17(20(26-13)30-2)28-8-7-14-11-15(4-6-16(14)28)27-9-10-31-21-18(22(27)29)19(23)24-12-25-21/h3-8,11-12H,9-10H2,1-2H3,(H2,23,24,25). The number of hydrogen-bond donors (Lipinski definition) is 1. The van der Waals surface area contributed by atoms with Crippen LogP contribution in [0.25, 0.3) is 16.6 Å². The summed E-state index contributed by atoms with van der Waals surface area (Å²) in [7, 11) is 1.61. The molecule has 0 unspecified atom stereocenters. The molecule has 9 heteroatoms. The number of anilines is 2. The molecule has 2 N–H and O–H groups in total. The first-order valence-corrected chi connectivity index (χ1v) is 9.75. The lowest BCUT2D eigenvalue weighted by Crippen LogP contribution is -2.32. The number of hydrogen-bond acceptors (Lipinski definition) is 7. The second-order valence-corrected chi connectivity index (χ2v) is 7.15. The summed E-state index contributed by atoms with van der Waals surface area (Å²) in [4.78, 5) is 27.3. The van der Waals surface area contributed by atoms with E-state index in [1.165, 1.54) is 6.33 Å². The van der Waals surface area contributed by atoms with Crippen molar-refractivity contribution in [3.05, 3.63) is 60.2 Å². The predicted molar refractivity (Wildman–Crippen MR) is 116 cm³/mol. The molecule has 0 fully saturated rings. The summed E-state index contributed by atoms with van der Waals surface area (Å²) in [6.45, 7) is 2.60. The van der Waals surface area contributed by atoms with Gasteiger partial charge in [-0.25, -0.2) is 15.0 Å². The number of carbonyl (C=O) groups excluding carboxylic acids is 1. The van der Waals surface area contributed by atoms with Crippen LogP contribution in [0.5, 0.6) is 11.8 Å². The maximum absolute atomic E-state index is 13.2. The van der Waals surface area contributed by atoms with Crippen LogP contribution in [0.2, 0.25) is 0 Å². The number of ether oxygens (including phenoxy) is 2. The number of rotatable bonds is 3. The van der Waals surface area contributed by atoms with E-state index in [1.54, 1.807) is 12.0 Å². The molecule has 9 nitrogen and oxygen atoms in total. The Morgan fingerprint density at radius 1 is 1.16 bits per heavy atom. The van der Waals surface area contributed by atoms with E-state index >= 15 is 0 Å². The molecule has 5 rings (SSSR count). The van der Waals surface area contributed by atoms with Gasteiger partial charge in [-0.1, -0.05) is 0 Å². The molecule has 0 bridgehead atoms. The van der Waals surface area contributed by atoms with Crippen LogP contribution < -0.4 is 20.1 Å². The number of methoxy groups -OCH3 is 1. The summed E-state index contributed by atoms with van der Waals surface area (Å²) in [5.74, 6) is 0.585. The number of aromatic nitrogens is 4. The van der Waals surface area contributed by atoms with Gasteiger partial charge < -0.3 is 24.7 Å². The molecule has 156 valence electrons. The van der Waals surface area contributed by atoms with E-state index in [1.807, 2.05) is 54.1 Å². The monoisotopic (exact) mass is 416 g/mol. The lowest BCUT2D eigenvalue weighted by molar-refractivity contribution is 0.0990. The lowest BCUT2D eigenvalue weighted by atomic mass is 10.2. The average Bonchev–Trinajstić information content (AvgIpc) is 3.11. The number of pyridine rings is 1. The van der Waals surface area contributed by atoms with Gasteiger partial charge in [0.2, 0.25) is 11.8 Å². The third-order valence-electron chi connectivity index (χ3n) is 5.27. The van der Waals surface area contributed by atoms with E-state index in [9.17, 15) is 4.79 Å². The Morgan fingerprint density at radius 3 is 2.87 bits per heavy atom. The first-order valence-electron chi connectivity index (χ1n) is 9.75. The number of fused-ring (bicyclic) bond motifs is 2. The number of nitrogen functional groups attached to an aromatic ring is 1. The minimum absolute atomic E-state index is 0.105. The fourth-order valence-corrected chi connectivity index (χ4v) is 3.78. The van der Waals surface area contributed by atoms with Crippen molar-refractivity contribution in [2.24, 2.45) is 0 Å². The largest absolute Gasteiger partial charge is 0.479 e.